The Labute approximate surface area is 228 Å². The van der Waals surface area contributed by atoms with Crippen LogP contribution in [0.15, 0.2) is 28.7 Å². The maximum atomic E-state index is 14.7. The van der Waals surface area contributed by atoms with Crippen molar-refractivity contribution in [1.82, 2.24) is 0 Å². The van der Waals surface area contributed by atoms with E-state index in [9.17, 15) is 19.5 Å². The lowest BCUT2D eigenvalue weighted by molar-refractivity contribution is -0.339. The Morgan fingerprint density at radius 2 is 1.87 bits per heavy atom. The maximum absolute atomic E-state index is 14.7. The molecule has 1 N–H and O–H groups in total. The summed E-state index contributed by atoms with van der Waals surface area (Å²) >= 11 is 1.26. The fraction of sp³-hybridized carbons (Fsp3) is 0.700. The largest absolute Gasteiger partial charge is 0.455 e. The van der Waals surface area contributed by atoms with Gasteiger partial charge in [0.2, 0.25) is 0 Å². The zero-order chi connectivity index (χ0) is 28.0. The average molecular weight is 545 g/mol. The zero-order valence-electron chi connectivity index (χ0n) is 23.6. The Morgan fingerprint density at radius 1 is 1.18 bits per heavy atom. The number of aliphatic hydroxyl groups is 1. The van der Waals surface area contributed by atoms with Gasteiger partial charge in [0.1, 0.15) is 28.5 Å². The quantitative estimate of drug-likeness (QED) is 0.424. The second kappa shape index (κ2) is 8.73. The highest BCUT2D eigenvalue weighted by molar-refractivity contribution is 7.11. The second-order valence-electron chi connectivity index (χ2n) is 12.9. The SMILES string of the molecule is CC(=O)O[C@]12CO[C@@H]1C[C@H](C)[C@@]1(C)C(=O)[C@H](C)C3=C(C)[C@@H](C)C[C@@](O)([C@@H](OC(=O)c4cccs4)[C@H]21)C3(C)C. The Balaban J connectivity index is 1.82. The minimum atomic E-state index is -1.53. The number of carbonyl (C=O) groups is 3. The van der Waals surface area contributed by atoms with Crippen LogP contribution in [0.4, 0.5) is 0 Å². The summed E-state index contributed by atoms with van der Waals surface area (Å²) in [5.41, 5.74) is -2.63. The lowest BCUT2D eigenvalue weighted by Crippen LogP contribution is -2.80. The van der Waals surface area contributed by atoms with Gasteiger partial charge in [-0.2, -0.15) is 0 Å². The van der Waals surface area contributed by atoms with Crippen molar-refractivity contribution in [2.75, 3.05) is 6.61 Å². The third-order valence-electron chi connectivity index (χ3n) is 10.8. The summed E-state index contributed by atoms with van der Waals surface area (Å²) in [6.45, 7) is 15.3. The van der Waals surface area contributed by atoms with Gasteiger partial charge in [-0.25, -0.2) is 4.79 Å². The third-order valence-corrected chi connectivity index (χ3v) is 11.6. The van der Waals surface area contributed by atoms with Gasteiger partial charge < -0.3 is 19.3 Å². The summed E-state index contributed by atoms with van der Waals surface area (Å²) in [6, 6.07) is 3.47. The second-order valence-corrected chi connectivity index (χ2v) is 13.8. The van der Waals surface area contributed by atoms with E-state index >= 15 is 0 Å². The molecule has 0 spiro atoms. The maximum Gasteiger partial charge on any atom is 0.348 e. The number of hydrogen-bond acceptors (Lipinski definition) is 8. The third kappa shape index (κ3) is 3.42. The number of fused-ring (bicyclic) bond motifs is 5. The van der Waals surface area contributed by atoms with Gasteiger partial charge in [-0.3, -0.25) is 9.59 Å². The molecule has 4 aliphatic rings. The lowest BCUT2D eigenvalue weighted by atomic mass is 9.42. The first-order valence-electron chi connectivity index (χ1n) is 13.7. The Kier molecular flexibility index (Phi) is 6.33. The van der Waals surface area contributed by atoms with Crippen LogP contribution in [0.25, 0.3) is 0 Å². The number of esters is 2. The topological polar surface area (TPSA) is 99.1 Å². The number of hydrogen-bond donors (Lipinski definition) is 1. The highest BCUT2D eigenvalue weighted by Gasteiger charge is 2.76. The molecule has 3 aliphatic carbocycles. The van der Waals surface area contributed by atoms with E-state index < -0.39 is 58.0 Å². The van der Waals surface area contributed by atoms with E-state index in [0.717, 1.165) is 11.1 Å². The molecular weight excluding hydrogens is 504 g/mol. The molecule has 0 aromatic carbocycles. The van der Waals surface area contributed by atoms with Gasteiger partial charge in [0.25, 0.3) is 0 Å². The summed E-state index contributed by atoms with van der Waals surface area (Å²) in [5, 5.41) is 14.7. The van der Waals surface area contributed by atoms with E-state index in [1.165, 1.54) is 18.3 Å². The Hall–Kier alpha value is -2.03. The smallest absolute Gasteiger partial charge is 0.348 e. The summed E-state index contributed by atoms with van der Waals surface area (Å²) in [4.78, 5) is 41.3. The molecule has 1 saturated heterocycles. The van der Waals surface area contributed by atoms with Crippen LogP contribution in [0.1, 0.15) is 77.9 Å². The monoisotopic (exact) mass is 544 g/mol. The first-order valence-corrected chi connectivity index (χ1v) is 14.5. The lowest BCUT2D eigenvalue weighted by Gasteiger charge is -2.68. The summed E-state index contributed by atoms with van der Waals surface area (Å²) in [6.07, 6.45) is -0.691. The van der Waals surface area contributed by atoms with Crippen LogP contribution in [0, 0.1) is 34.5 Å². The normalized spacial score (nSPS) is 43.7. The fourth-order valence-electron chi connectivity index (χ4n) is 8.52. The molecule has 1 aliphatic heterocycles. The van der Waals surface area contributed by atoms with E-state index in [0.29, 0.717) is 17.7 Å². The average Bonchev–Trinajstić information content (AvgIpc) is 3.37. The fourth-order valence-corrected chi connectivity index (χ4v) is 9.13. The first kappa shape index (κ1) is 27.5. The molecule has 208 valence electrons. The van der Waals surface area contributed by atoms with Crippen LogP contribution in [0.3, 0.4) is 0 Å². The van der Waals surface area contributed by atoms with Gasteiger partial charge in [-0.05, 0) is 43.0 Å². The molecule has 7 nitrogen and oxygen atoms in total. The molecule has 1 aromatic heterocycles. The Morgan fingerprint density at radius 3 is 2.42 bits per heavy atom. The van der Waals surface area contributed by atoms with Crippen molar-refractivity contribution in [3.8, 4) is 0 Å². The standard InChI is InChI=1S/C30H40O7S/c1-15-13-30(34)25(36-26(33)20-10-9-11-38-20)23-28(8,24(32)18(4)22(17(15)3)27(30,6)7)16(2)12-21-29(23,14-35-21)37-19(5)31/h9-11,15-16,18,21,23,25,34H,12-14H2,1-8H3/t15-,16-,18+,21+,23-,25-,28+,29+,30+/m0/s1. The van der Waals surface area contributed by atoms with Crippen molar-refractivity contribution in [3.63, 3.8) is 0 Å². The highest BCUT2D eigenvalue weighted by atomic mass is 32.1. The Bertz CT molecular complexity index is 1200. The van der Waals surface area contributed by atoms with Crippen LogP contribution >= 0.6 is 11.3 Å². The molecule has 0 unspecified atom stereocenters. The number of thiophene rings is 1. The molecule has 8 heteroatoms. The number of ketones is 1. The number of carbonyl (C=O) groups excluding carboxylic acids is 3. The summed E-state index contributed by atoms with van der Waals surface area (Å²) < 4.78 is 18.5. The molecular formula is C30H40O7S. The first-order chi connectivity index (χ1) is 17.6. The van der Waals surface area contributed by atoms with E-state index in [2.05, 4.69) is 6.92 Å². The number of Topliss-reactive ketones (excluding diaryl/α,β-unsaturated/α-hetero) is 1. The van der Waals surface area contributed by atoms with Crippen molar-refractivity contribution in [1.29, 1.82) is 0 Å². The molecule has 38 heavy (non-hydrogen) atoms. The number of allylic oxidation sites excluding steroid dienone is 1. The summed E-state index contributed by atoms with van der Waals surface area (Å²) in [5.74, 6) is -2.46. The van der Waals surface area contributed by atoms with Gasteiger partial charge in [-0.1, -0.05) is 58.8 Å². The minimum Gasteiger partial charge on any atom is -0.455 e. The van der Waals surface area contributed by atoms with E-state index in [1.54, 1.807) is 17.5 Å². The molecule has 2 heterocycles. The van der Waals surface area contributed by atoms with Crippen LogP contribution in [0.2, 0.25) is 0 Å². The summed E-state index contributed by atoms with van der Waals surface area (Å²) in [7, 11) is 0. The number of rotatable bonds is 3. The van der Waals surface area contributed by atoms with Crippen LogP contribution in [-0.2, 0) is 23.8 Å². The van der Waals surface area contributed by atoms with Gasteiger partial charge in [-0.15, -0.1) is 11.3 Å². The molecule has 5 rings (SSSR count). The van der Waals surface area contributed by atoms with Crippen LogP contribution < -0.4 is 0 Å². The molecule has 9 atom stereocenters. The molecule has 1 aromatic rings. The predicted octanol–water partition coefficient (Wildman–Crippen LogP) is 4.97. The van der Waals surface area contributed by atoms with Crippen LogP contribution in [-0.4, -0.2) is 52.8 Å². The van der Waals surface area contributed by atoms with Gasteiger partial charge in [0, 0.05) is 23.7 Å². The van der Waals surface area contributed by atoms with Gasteiger partial charge in [0.05, 0.1) is 12.5 Å². The molecule has 2 saturated carbocycles. The van der Waals surface area contributed by atoms with Crippen molar-refractivity contribution in [2.45, 2.75) is 91.6 Å². The van der Waals surface area contributed by atoms with Crippen molar-refractivity contribution < 1.29 is 33.7 Å². The van der Waals surface area contributed by atoms with Gasteiger partial charge in [0.15, 0.2) is 5.60 Å². The predicted molar refractivity (Wildman–Crippen MR) is 143 cm³/mol. The van der Waals surface area contributed by atoms with Crippen molar-refractivity contribution in [3.05, 3.63) is 33.5 Å². The zero-order valence-corrected chi connectivity index (χ0v) is 24.4. The van der Waals surface area contributed by atoms with E-state index in [-0.39, 0.29) is 24.2 Å². The van der Waals surface area contributed by atoms with E-state index in [1.807, 2.05) is 41.5 Å². The molecule has 2 bridgehead atoms. The van der Waals surface area contributed by atoms with Gasteiger partial charge >= 0.3 is 11.9 Å². The number of ether oxygens (including phenoxy) is 3. The van der Waals surface area contributed by atoms with Crippen molar-refractivity contribution >= 4 is 29.1 Å². The molecule has 0 amide bonds. The van der Waals surface area contributed by atoms with Crippen LogP contribution in [0.5, 0.6) is 0 Å². The molecule has 3 fully saturated rings. The minimum absolute atomic E-state index is 0.0302. The van der Waals surface area contributed by atoms with Crippen molar-refractivity contribution in [2.24, 2.45) is 34.5 Å². The molecule has 0 radical (unpaired) electrons. The van der Waals surface area contributed by atoms with E-state index in [4.69, 9.17) is 14.2 Å². The highest BCUT2D eigenvalue weighted by Crippen LogP contribution is 2.66.